The molecule has 2 aromatic heterocycles. The van der Waals surface area contributed by atoms with Gasteiger partial charge in [0.15, 0.2) is 0 Å². The largest absolute Gasteiger partial charge is 0.477 e. The van der Waals surface area contributed by atoms with Gasteiger partial charge in [-0.1, -0.05) is 18.4 Å². The first-order chi connectivity index (χ1) is 15.7. The second kappa shape index (κ2) is 9.01. The Labute approximate surface area is 191 Å². The first kappa shape index (κ1) is 23.0. The van der Waals surface area contributed by atoms with E-state index in [-0.39, 0.29) is 41.5 Å². The van der Waals surface area contributed by atoms with Crippen LogP contribution in [0.5, 0.6) is 5.88 Å². The lowest BCUT2D eigenvalue weighted by atomic mass is 10.2. The van der Waals surface area contributed by atoms with Gasteiger partial charge in [-0.05, 0) is 38.7 Å². The van der Waals surface area contributed by atoms with E-state index in [1.807, 2.05) is 27.7 Å². The van der Waals surface area contributed by atoms with Gasteiger partial charge in [0.05, 0.1) is 37.1 Å². The summed E-state index contributed by atoms with van der Waals surface area (Å²) in [5.41, 5.74) is 0.0213. The normalized spacial score (nSPS) is 21.3. The van der Waals surface area contributed by atoms with Crippen molar-refractivity contribution in [3.8, 4) is 5.88 Å². The van der Waals surface area contributed by atoms with Gasteiger partial charge in [-0.2, -0.15) is 4.57 Å². The molecule has 1 saturated carbocycles. The third kappa shape index (κ3) is 4.66. The molecule has 10 heteroatoms. The molecule has 0 bridgehead atoms. The third-order valence-electron chi connectivity index (χ3n) is 5.95. The van der Waals surface area contributed by atoms with Crippen LogP contribution in [-0.4, -0.2) is 62.8 Å². The maximum absolute atomic E-state index is 13.1. The average Bonchev–Trinajstić information content (AvgIpc) is 3.46. The molecule has 0 spiro atoms. The van der Waals surface area contributed by atoms with Crippen LogP contribution >= 0.6 is 0 Å². The molecule has 1 aliphatic carbocycles. The van der Waals surface area contributed by atoms with Crippen LogP contribution in [0.1, 0.15) is 56.5 Å². The molecular formula is C23H32N5O5+. The topological polar surface area (TPSA) is 120 Å². The van der Waals surface area contributed by atoms with Crippen LogP contribution in [0.2, 0.25) is 0 Å². The van der Waals surface area contributed by atoms with E-state index >= 15 is 0 Å². The monoisotopic (exact) mass is 458 g/mol. The molecule has 2 aliphatic rings. The number of nitrogens with one attached hydrogen (secondary N) is 2. The summed E-state index contributed by atoms with van der Waals surface area (Å²) in [6.45, 7) is 9.18. The number of morpholine rings is 1. The fraction of sp³-hybridized carbons (Fsp3) is 0.565. The quantitative estimate of drug-likeness (QED) is 0.437. The summed E-state index contributed by atoms with van der Waals surface area (Å²) in [6.07, 6.45) is 6.39. The number of H-pyrrole nitrogens is 1. The molecule has 10 nitrogen and oxygen atoms in total. The molecule has 0 radical (unpaired) electrons. The molecule has 2 atom stereocenters. The Kier molecular flexibility index (Phi) is 6.29. The predicted molar refractivity (Wildman–Crippen MR) is 121 cm³/mol. The van der Waals surface area contributed by atoms with Crippen LogP contribution in [-0.2, 0) is 16.1 Å². The minimum Gasteiger partial charge on any atom is -0.477 e. The van der Waals surface area contributed by atoms with Gasteiger partial charge in [0.2, 0.25) is 11.5 Å². The van der Waals surface area contributed by atoms with Crippen molar-refractivity contribution in [2.45, 2.75) is 65.3 Å². The van der Waals surface area contributed by atoms with Gasteiger partial charge in [-0.15, -0.1) is 0 Å². The highest BCUT2D eigenvalue weighted by Crippen LogP contribution is 2.21. The lowest BCUT2D eigenvalue weighted by molar-refractivity contribution is -0.686. The van der Waals surface area contributed by atoms with E-state index in [2.05, 4.69) is 10.4 Å². The summed E-state index contributed by atoms with van der Waals surface area (Å²) in [4.78, 5) is 40.4. The molecule has 3 heterocycles. The predicted octanol–water partition coefficient (Wildman–Crippen LogP) is 0.818. The van der Waals surface area contributed by atoms with Gasteiger partial charge in [-0.3, -0.25) is 9.59 Å². The van der Waals surface area contributed by atoms with Crippen molar-refractivity contribution in [2.24, 2.45) is 5.92 Å². The minimum atomic E-state index is -0.637. The Balaban J connectivity index is 1.74. The number of aromatic nitrogens is 3. The van der Waals surface area contributed by atoms with Crippen LogP contribution in [0.25, 0.3) is 11.7 Å². The number of hydrogen-bond donors (Lipinski definition) is 3. The third-order valence-corrected chi connectivity index (χ3v) is 5.95. The van der Waals surface area contributed by atoms with Crippen molar-refractivity contribution < 1.29 is 24.0 Å². The van der Waals surface area contributed by atoms with E-state index in [0.717, 1.165) is 12.8 Å². The lowest BCUT2D eigenvalue weighted by Gasteiger charge is -2.36. The van der Waals surface area contributed by atoms with Crippen LogP contribution in [0, 0.1) is 5.92 Å². The van der Waals surface area contributed by atoms with Gasteiger partial charge < -0.3 is 20.1 Å². The van der Waals surface area contributed by atoms with Crippen molar-refractivity contribution in [2.75, 3.05) is 13.2 Å². The number of hydrogen-bond acceptors (Lipinski definition) is 5. The van der Waals surface area contributed by atoms with Gasteiger partial charge in [-0.25, -0.2) is 9.89 Å². The highest BCUT2D eigenvalue weighted by molar-refractivity contribution is 5.96. The van der Waals surface area contributed by atoms with E-state index in [0.29, 0.717) is 30.9 Å². The molecule has 3 N–H and O–H groups in total. The van der Waals surface area contributed by atoms with Gasteiger partial charge in [0, 0.05) is 18.7 Å². The maximum atomic E-state index is 13.1. The minimum absolute atomic E-state index is 0.0319. The van der Waals surface area contributed by atoms with Crippen molar-refractivity contribution >= 4 is 23.5 Å². The van der Waals surface area contributed by atoms with E-state index in [1.165, 1.54) is 10.6 Å². The van der Waals surface area contributed by atoms with E-state index in [1.54, 1.807) is 21.7 Å². The second-order valence-corrected chi connectivity index (χ2v) is 9.46. The van der Waals surface area contributed by atoms with Crippen LogP contribution < -0.4 is 15.4 Å². The number of ether oxygens (including phenoxy) is 1. The van der Waals surface area contributed by atoms with E-state index < -0.39 is 11.5 Å². The molecule has 2 aromatic rings. The Bertz CT molecular complexity index is 1160. The number of carbonyl (C=O) groups is 2. The Morgan fingerprint density at radius 2 is 2.09 bits per heavy atom. The number of rotatable bonds is 6. The number of aromatic hydroxyl groups is 1. The van der Waals surface area contributed by atoms with Crippen LogP contribution in [0.3, 0.4) is 0 Å². The summed E-state index contributed by atoms with van der Waals surface area (Å²) in [5, 5.41) is 16.6. The van der Waals surface area contributed by atoms with Gasteiger partial charge in [0.25, 0.3) is 5.91 Å². The molecule has 1 saturated heterocycles. The fourth-order valence-electron chi connectivity index (χ4n) is 4.07. The fourth-order valence-corrected chi connectivity index (χ4v) is 4.07. The highest BCUT2D eigenvalue weighted by atomic mass is 16.5. The number of amides is 2. The van der Waals surface area contributed by atoms with Crippen LogP contribution in [0.15, 0.2) is 17.1 Å². The van der Waals surface area contributed by atoms with E-state index in [9.17, 15) is 19.5 Å². The van der Waals surface area contributed by atoms with Crippen molar-refractivity contribution in [1.82, 2.24) is 19.8 Å². The zero-order valence-electron chi connectivity index (χ0n) is 19.5. The molecule has 0 unspecified atom stereocenters. The molecule has 4 rings (SSSR count). The Hall–Kier alpha value is -3.14. The molecule has 2 fully saturated rings. The summed E-state index contributed by atoms with van der Waals surface area (Å²) in [7, 11) is 0. The number of carbonyl (C=O) groups excluding carboxylic acids is 2. The number of aromatic amines is 1. The van der Waals surface area contributed by atoms with Crippen molar-refractivity contribution in [3.05, 3.63) is 33.8 Å². The first-order valence-electron chi connectivity index (χ1n) is 11.5. The summed E-state index contributed by atoms with van der Waals surface area (Å²) < 4.78 is 8.38. The van der Waals surface area contributed by atoms with E-state index in [4.69, 9.17) is 4.74 Å². The molecular weight excluding hydrogens is 426 g/mol. The number of nitrogens with zero attached hydrogens (tertiary/aromatic N) is 3. The first-order valence-corrected chi connectivity index (χ1v) is 11.5. The Morgan fingerprint density at radius 1 is 1.36 bits per heavy atom. The average molecular weight is 459 g/mol. The maximum Gasteiger partial charge on any atom is 0.378 e. The number of fused-ring (bicyclic) bond motifs is 1. The standard InChI is InChI=1S/C23H31N5O5/c1-13(2)10-27-21-16(5-8-18(29)26-11-15(4)33-12-14(26)3)9-24-28(21)23(32)19(22(27)31)20(30)25-17-6-7-17/h5,8-9,13-15,17H,6-7,10-12H2,1-4H3,(H2,25,30,31,32)/p+1/b8-5+/t14-,15-/m0/s1. The Morgan fingerprint density at radius 3 is 2.76 bits per heavy atom. The zero-order valence-corrected chi connectivity index (χ0v) is 19.5. The molecule has 0 aromatic carbocycles. The van der Waals surface area contributed by atoms with Gasteiger partial charge in [0.1, 0.15) is 0 Å². The molecule has 178 valence electrons. The second-order valence-electron chi connectivity index (χ2n) is 9.46. The highest BCUT2D eigenvalue weighted by Gasteiger charge is 2.34. The van der Waals surface area contributed by atoms with Crippen LogP contribution in [0.4, 0.5) is 0 Å². The molecule has 1 aliphatic heterocycles. The van der Waals surface area contributed by atoms with Crippen molar-refractivity contribution in [3.63, 3.8) is 0 Å². The van der Waals surface area contributed by atoms with Gasteiger partial charge >= 0.3 is 17.1 Å². The molecule has 33 heavy (non-hydrogen) atoms. The molecule has 2 amide bonds. The summed E-state index contributed by atoms with van der Waals surface area (Å²) in [5.74, 6) is -0.975. The zero-order chi connectivity index (χ0) is 23.9. The summed E-state index contributed by atoms with van der Waals surface area (Å²) >= 11 is 0. The lowest BCUT2D eigenvalue weighted by Crippen LogP contribution is -2.49. The van der Waals surface area contributed by atoms with Crippen molar-refractivity contribution in [1.29, 1.82) is 0 Å². The summed E-state index contributed by atoms with van der Waals surface area (Å²) in [6, 6.07) is 0.0142. The smallest absolute Gasteiger partial charge is 0.378 e. The SMILES string of the molecule is CC(C)C[n+]1c(O)c(C(=O)NC2CC2)c(=O)n2[nH]cc(/C=C/C(=O)N3C[C@H](C)OC[C@@H]3C)c21.